The molecule has 1 amide bonds. The molecule has 0 aromatic heterocycles. The summed E-state index contributed by atoms with van der Waals surface area (Å²) in [6, 6.07) is 22.3. The van der Waals surface area contributed by atoms with Crippen LogP contribution in [0.25, 0.3) is 0 Å². The molecule has 0 bridgehead atoms. The van der Waals surface area contributed by atoms with Crippen LogP contribution in [0.4, 0.5) is 0 Å². The van der Waals surface area contributed by atoms with Gasteiger partial charge in [-0.3, -0.25) is 4.79 Å². The van der Waals surface area contributed by atoms with Crippen LogP contribution in [-0.4, -0.2) is 38.9 Å². The first-order valence-electron chi connectivity index (χ1n) is 11.0. The number of ether oxygens (including phenoxy) is 1. The number of nitrogens with zero attached hydrogens (tertiary/aromatic N) is 1. The number of halogens is 1. The van der Waals surface area contributed by atoms with Crippen LogP contribution < -0.4 is 5.32 Å². The molecule has 1 atom stereocenters. The number of amides is 1. The Balaban J connectivity index is 1.93. The van der Waals surface area contributed by atoms with E-state index in [2.05, 4.69) is 5.32 Å². The molecule has 0 fully saturated rings. The topological polar surface area (TPSA) is 75.7 Å². The zero-order valence-corrected chi connectivity index (χ0v) is 20.9. The molecule has 0 aliphatic carbocycles. The van der Waals surface area contributed by atoms with E-state index in [1.807, 2.05) is 19.1 Å². The van der Waals surface area contributed by atoms with E-state index in [0.29, 0.717) is 30.2 Å². The zero-order valence-electron chi connectivity index (χ0n) is 19.3. The van der Waals surface area contributed by atoms with Crippen molar-refractivity contribution >= 4 is 27.5 Å². The number of sulfonamides is 1. The van der Waals surface area contributed by atoms with Crippen LogP contribution in [0.15, 0.2) is 83.8 Å². The third kappa shape index (κ3) is 6.45. The van der Waals surface area contributed by atoms with Gasteiger partial charge in [0.1, 0.15) is 0 Å². The minimum Gasteiger partial charge on any atom is -0.383 e. The molecule has 3 aromatic carbocycles. The molecule has 0 unspecified atom stereocenters. The Hall–Kier alpha value is -2.71. The van der Waals surface area contributed by atoms with Gasteiger partial charge in [0.25, 0.3) is 5.91 Å². The summed E-state index contributed by atoms with van der Waals surface area (Å²) in [6.45, 7) is 2.96. The van der Waals surface area contributed by atoms with Crippen LogP contribution in [-0.2, 0) is 21.3 Å². The molecule has 0 saturated carbocycles. The minimum atomic E-state index is -3.80. The van der Waals surface area contributed by atoms with E-state index in [9.17, 15) is 13.2 Å². The van der Waals surface area contributed by atoms with Gasteiger partial charge >= 0.3 is 0 Å². The third-order valence-corrected chi connectivity index (χ3v) is 7.61. The SMILES string of the molecule is CC[C@@H](c1ccc(Cl)cc1)N(Cc1ccc(C(=O)NCCOC)cc1)S(=O)(=O)c1ccccc1. The first kappa shape index (κ1) is 25.9. The van der Waals surface area contributed by atoms with Crippen molar-refractivity contribution in [2.75, 3.05) is 20.3 Å². The summed E-state index contributed by atoms with van der Waals surface area (Å²) in [5.41, 5.74) is 2.14. The summed E-state index contributed by atoms with van der Waals surface area (Å²) in [5, 5.41) is 3.37. The van der Waals surface area contributed by atoms with Gasteiger partial charge in [-0.2, -0.15) is 4.31 Å². The van der Waals surface area contributed by atoms with Crippen LogP contribution >= 0.6 is 11.6 Å². The first-order chi connectivity index (χ1) is 16.4. The highest BCUT2D eigenvalue weighted by atomic mass is 35.5. The Bertz CT molecular complexity index is 1170. The van der Waals surface area contributed by atoms with Gasteiger partial charge in [-0.25, -0.2) is 8.42 Å². The van der Waals surface area contributed by atoms with Gasteiger partial charge in [0.2, 0.25) is 10.0 Å². The number of methoxy groups -OCH3 is 1. The maximum Gasteiger partial charge on any atom is 0.251 e. The number of benzene rings is 3. The quantitative estimate of drug-likeness (QED) is 0.373. The van der Waals surface area contributed by atoms with Gasteiger partial charge < -0.3 is 10.1 Å². The fourth-order valence-electron chi connectivity index (χ4n) is 3.69. The summed E-state index contributed by atoms with van der Waals surface area (Å²) in [7, 11) is -2.23. The predicted molar refractivity (Wildman–Crippen MR) is 134 cm³/mol. The smallest absolute Gasteiger partial charge is 0.251 e. The fraction of sp³-hybridized carbons (Fsp3) is 0.269. The highest BCUT2D eigenvalue weighted by molar-refractivity contribution is 7.89. The van der Waals surface area contributed by atoms with Crippen molar-refractivity contribution < 1.29 is 17.9 Å². The van der Waals surface area contributed by atoms with Crippen LogP contribution in [0.1, 0.15) is 40.9 Å². The Kier molecular flexibility index (Phi) is 9.24. The molecular weight excluding hydrogens is 472 g/mol. The summed E-state index contributed by atoms with van der Waals surface area (Å²) in [5.74, 6) is -0.204. The van der Waals surface area contributed by atoms with Crippen LogP contribution in [0, 0.1) is 0 Å². The number of rotatable bonds is 11. The molecule has 6 nitrogen and oxygen atoms in total. The summed E-state index contributed by atoms with van der Waals surface area (Å²) in [6.07, 6.45) is 0.577. The second kappa shape index (κ2) is 12.1. The molecule has 180 valence electrons. The van der Waals surface area contributed by atoms with E-state index in [-0.39, 0.29) is 23.4 Å². The number of hydrogen-bond acceptors (Lipinski definition) is 4. The van der Waals surface area contributed by atoms with Crippen LogP contribution in [0.3, 0.4) is 0 Å². The van der Waals surface area contributed by atoms with Gasteiger partial charge in [-0.15, -0.1) is 0 Å². The van der Waals surface area contributed by atoms with Crippen molar-refractivity contribution in [3.63, 3.8) is 0 Å². The van der Waals surface area contributed by atoms with E-state index in [1.165, 1.54) is 4.31 Å². The molecule has 0 radical (unpaired) electrons. The van der Waals surface area contributed by atoms with Crippen molar-refractivity contribution in [1.29, 1.82) is 0 Å². The highest BCUT2D eigenvalue weighted by Gasteiger charge is 2.31. The second-order valence-electron chi connectivity index (χ2n) is 7.78. The van der Waals surface area contributed by atoms with Crippen LogP contribution in [0.5, 0.6) is 0 Å². The lowest BCUT2D eigenvalue weighted by atomic mass is 10.0. The summed E-state index contributed by atoms with van der Waals surface area (Å²) >= 11 is 6.06. The second-order valence-corrected chi connectivity index (χ2v) is 10.1. The molecule has 8 heteroatoms. The molecule has 0 aliphatic heterocycles. The number of hydrogen-bond donors (Lipinski definition) is 1. The van der Waals surface area contributed by atoms with Gasteiger partial charge in [0.15, 0.2) is 0 Å². The molecule has 0 aliphatic rings. The van der Waals surface area contributed by atoms with Crippen molar-refractivity contribution in [2.24, 2.45) is 0 Å². The average molecular weight is 501 g/mol. The van der Waals surface area contributed by atoms with Gasteiger partial charge in [0.05, 0.1) is 17.5 Å². The van der Waals surface area contributed by atoms with E-state index < -0.39 is 10.0 Å². The predicted octanol–water partition coefficient (Wildman–Crippen LogP) is 5.06. The van der Waals surface area contributed by atoms with Gasteiger partial charge in [-0.1, -0.05) is 61.0 Å². The molecule has 3 aromatic rings. The summed E-state index contributed by atoms with van der Waals surface area (Å²) < 4.78 is 33.9. The van der Waals surface area contributed by atoms with Crippen molar-refractivity contribution in [2.45, 2.75) is 30.8 Å². The molecule has 3 rings (SSSR count). The largest absolute Gasteiger partial charge is 0.383 e. The monoisotopic (exact) mass is 500 g/mol. The minimum absolute atomic E-state index is 0.157. The molecule has 1 N–H and O–H groups in total. The Labute approximate surface area is 206 Å². The van der Waals surface area contributed by atoms with E-state index >= 15 is 0 Å². The van der Waals surface area contributed by atoms with Crippen molar-refractivity contribution in [3.05, 3.63) is 101 Å². The third-order valence-electron chi connectivity index (χ3n) is 5.49. The Morgan fingerprint density at radius 1 is 1.00 bits per heavy atom. The van der Waals surface area contributed by atoms with Crippen LogP contribution in [0.2, 0.25) is 5.02 Å². The Morgan fingerprint density at radius 3 is 2.24 bits per heavy atom. The standard InChI is InChI=1S/C26H29ClN2O4S/c1-3-25(21-13-15-23(27)16-14-21)29(34(31,32)24-7-5-4-6-8-24)19-20-9-11-22(12-10-20)26(30)28-17-18-33-2/h4-16,25H,3,17-19H2,1-2H3,(H,28,30)/t25-/m0/s1. The molecule has 0 heterocycles. The van der Waals surface area contributed by atoms with E-state index in [1.54, 1.807) is 73.8 Å². The maximum absolute atomic E-state index is 13.7. The zero-order chi connectivity index (χ0) is 24.6. The molecule has 0 spiro atoms. The van der Waals surface area contributed by atoms with Crippen molar-refractivity contribution in [1.82, 2.24) is 9.62 Å². The number of nitrogens with one attached hydrogen (secondary N) is 1. The lowest BCUT2D eigenvalue weighted by Crippen LogP contribution is -2.34. The van der Waals surface area contributed by atoms with Gasteiger partial charge in [0, 0.05) is 30.8 Å². The molecule has 34 heavy (non-hydrogen) atoms. The molecular formula is C26H29ClN2O4S. The normalized spacial score (nSPS) is 12.5. The maximum atomic E-state index is 13.7. The van der Waals surface area contributed by atoms with Crippen molar-refractivity contribution in [3.8, 4) is 0 Å². The lowest BCUT2D eigenvalue weighted by molar-refractivity contribution is 0.0937. The molecule has 0 saturated heterocycles. The Morgan fingerprint density at radius 2 is 1.65 bits per heavy atom. The van der Waals surface area contributed by atoms with Gasteiger partial charge in [-0.05, 0) is 53.9 Å². The lowest BCUT2D eigenvalue weighted by Gasteiger charge is -2.31. The fourth-order valence-corrected chi connectivity index (χ4v) is 5.51. The highest BCUT2D eigenvalue weighted by Crippen LogP contribution is 2.32. The average Bonchev–Trinajstić information content (AvgIpc) is 2.86. The van der Waals surface area contributed by atoms with E-state index in [4.69, 9.17) is 16.3 Å². The summed E-state index contributed by atoms with van der Waals surface area (Å²) in [4.78, 5) is 12.5. The number of carbonyl (C=O) groups excluding carboxylic acids is 1. The van der Waals surface area contributed by atoms with E-state index in [0.717, 1.165) is 11.1 Å². The first-order valence-corrected chi connectivity index (χ1v) is 12.9. The number of carbonyl (C=O) groups is 1.